The SMILES string of the molecule is OCCNCCNC(=S)N/N=C/[C@@H]1Cc2ccccc2N1Cc1ccccc1Cl. The smallest absolute Gasteiger partial charge is 0.186 e. The molecule has 0 saturated heterocycles. The van der Waals surface area contributed by atoms with Crippen molar-refractivity contribution in [3.8, 4) is 0 Å². The van der Waals surface area contributed by atoms with E-state index in [9.17, 15) is 0 Å². The van der Waals surface area contributed by atoms with Gasteiger partial charge in [0, 0.05) is 43.1 Å². The minimum absolute atomic E-state index is 0.116. The Hall–Kier alpha value is -2.19. The molecule has 1 aliphatic rings. The first-order valence-corrected chi connectivity index (χ1v) is 10.4. The topological polar surface area (TPSA) is 71.9 Å². The number of thiocarbonyl (C=S) groups is 1. The van der Waals surface area contributed by atoms with E-state index in [-0.39, 0.29) is 12.6 Å². The molecule has 2 aromatic rings. The van der Waals surface area contributed by atoms with E-state index in [4.69, 9.17) is 28.9 Å². The fraction of sp³-hybridized carbons (Fsp3) is 0.333. The van der Waals surface area contributed by atoms with Crippen LogP contribution in [0, 0.1) is 0 Å². The fourth-order valence-corrected chi connectivity index (χ4v) is 3.66. The molecule has 0 aromatic heterocycles. The molecule has 2 aromatic carbocycles. The van der Waals surface area contributed by atoms with Crippen molar-refractivity contribution in [1.82, 2.24) is 16.1 Å². The zero-order valence-electron chi connectivity index (χ0n) is 16.1. The Morgan fingerprint density at radius 2 is 1.97 bits per heavy atom. The van der Waals surface area contributed by atoms with Crippen LogP contribution in [0.15, 0.2) is 53.6 Å². The highest BCUT2D eigenvalue weighted by Gasteiger charge is 2.28. The summed E-state index contributed by atoms with van der Waals surface area (Å²) in [4.78, 5) is 2.32. The normalized spacial score (nSPS) is 15.5. The van der Waals surface area contributed by atoms with Crippen LogP contribution in [0.25, 0.3) is 0 Å². The van der Waals surface area contributed by atoms with E-state index in [2.05, 4.69) is 56.4 Å². The largest absolute Gasteiger partial charge is 0.395 e. The van der Waals surface area contributed by atoms with E-state index < -0.39 is 0 Å². The van der Waals surface area contributed by atoms with E-state index in [1.165, 1.54) is 11.3 Å². The summed E-state index contributed by atoms with van der Waals surface area (Å²) in [7, 11) is 0. The van der Waals surface area contributed by atoms with Gasteiger partial charge in [-0.05, 0) is 41.9 Å². The number of nitrogens with one attached hydrogen (secondary N) is 3. The van der Waals surface area contributed by atoms with Crippen molar-refractivity contribution >= 4 is 40.8 Å². The lowest BCUT2D eigenvalue weighted by Gasteiger charge is -2.25. The first-order valence-electron chi connectivity index (χ1n) is 9.65. The number of fused-ring (bicyclic) bond motifs is 1. The number of para-hydroxylation sites is 1. The fourth-order valence-electron chi connectivity index (χ4n) is 3.31. The second-order valence-electron chi connectivity index (χ2n) is 6.74. The Labute approximate surface area is 181 Å². The number of rotatable bonds is 9. The molecule has 8 heteroatoms. The molecular weight excluding hydrogens is 406 g/mol. The molecule has 0 spiro atoms. The second kappa shape index (κ2) is 11.1. The van der Waals surface area contributed by atoms with Crippen molar-refractivity contribution in [2.75, 3.05) is 31.1 Å². The molecule has 3 rings (SSSR count). The van der Waals surface area contributed by atoms with Crippen molar-refractivity contribution in [2.24, 2.45) is 5.10 Å². The molecule has 154 valence electrons. The number of nitrogens with zero attached hydrogens (tertiary/aromatic N) is 2. The standard InChI is InChI=1S/C21H26ClN5OS/c22-19-7-3-1-6-17(19)15-27-18(13-16-5-2-4-8-20(16)27)14-25-26-21(29)24-10-9-23-11-12-28/h1-8,14,18,23,28H,9-13,15H2,(H2,24,26,29)/b25-14+/t18-/m0/s1. The van der Waals surface area contributed by atoms with Crippen LogP contribution < -0.4 is 21.0 Å². The van der Waals surface area contributed by atoms with Gasteiger partial charge in [0.1, 0.15) is 0 Å². The van der Waals surface area contributed by atoms with Gasteiger partial charge in [0.2, 0.25) is 0 Å². The van der Waals surface area contributed by atoms with Gasteiger partial charge in [0.25, 0.3) is 0 Å². The Morgan fingerprint density at radius 3 is 2.79 bits per heavy atom. The van der Waals surface area contributed by atoms with Gasteiger partial charge < -0.3 is 20.6 Å². The number of hydrogen-bond acceptors (Lipinski definition) is 5. The zero-order chi connectivity index (χ0) is 20.5. The van der Waals surface area contributed by atoms with Crippen LogP contribution in [0.1, 0.15) is 11.1 Å². The van der Waals surface area contributed by atoms with Gasteiger partial charge in [0.05, 0.1) is 12.6 Å². The van der Waals surface area contributed by atoms with Crippen molar-refractivity contribution in [2.45, 2.75) is 19.0 Å². The van der Waals surface area contributed by atoms with Crippen LogP contribution in [-0.4, -0.2) is 48.7 Å². The number of aliphatic hydroxyl groups excluding tert-OH is 1. The lowest BCUT2D eigenvalue weighted by molar-refractivity contribution is 0.293. The van der Waals surface area contributed by atoms with Gasteiger partial charge in [-0.3, -0.25) is 5.43 Å². The van der Waals surface area contributed by atoms with Gasteiger partial charge in [-0.15, -0.1) is 0 Å². The summed E-state index contributed by atoms with van der Waals surface area (Å²) in [5.74, 6) is 0. The number of hydrogen-bond donors (Lipinski definition) is 4. The quantitative estimate of drug-likeness (QED) is 0.211. The number of hydrazone groups is 1. The summed E-state index contributed by atoms with van der Waals surface area (Å²) in [5.41, 5.74) is 6.48. The number of halogens is 1. The first-order chi connectivity index (χ1) is 14.2. The third kappa shape index (κ3) is 6.14. The molecular formula is C21H26ClN5OS. The third-order valence-corrected chi connectivity index (χ3v) is 5.32. The monoisotopic (exact) mass is 431 g/mol. The Kier molecular flexibility index (Phi) is 8.25. The summed E-state index contributed by atoms with van der Waals surface area (Å²) in [6, 6.07) is 16.5. The van der Waals surface area contributed by atoms with E-state index >= 15 is 0 Å². The van der Waals surface area contributed by atoms with Crippen LogP contribution in [0.4, 0.5) is 5.69 Å². The molecule has 0 bridgehead atoms. The third-order valence-electron chi connectivity index (χ3n) is 4.72. The van der Waals surface area contributed by atoms with Crippen LogP contribution in [0.5, 0.6) is 0 Å². The van der Waals surface area contributed by atoms with Gasteiger partial charge in [-0.1, -0.05) is 48.0 Å². The summed E-state index contributed by atoms with van der Waals surface area (Å²) >= 11 is 11.6. The predicted molar refractivity (Wildman–Crippen MR) is 124 cm³/mol. The number of anilines is 1. The number of benzene rings is 2. The molecule has 1 atom stereocenters. The van der Waals surface area contributed by atoms with Gasteiger partial charge in [-0.2, -0.15) is 5.10 Å². The number of aliphatic hydroxyl groups is 1. The predicted octanol–water partition coefficient (Wildman–Crippen LogP) is 2.30. The van der Waals surface area contributed by atoms with Gasteiger partial charge in [0.15, 0.2) is 5.11 Å². The van der Waals surface area contributed by atoms with Crippen LogP contribution in [-0.2, 0) is 13.0 Å². The Morgan fingerprint density at radius 1 is 1.17 bits per heavy atom. The molecule has 29 heavy (non-hydrogen) atoms. The Balaban J connectivity index is 1.59. The van der Waals surface area contributed by atoms with Crippen molar-refractivity contribution in [1.29, 1.82) is 0 Å². The molecule has 4 N–H and O–H groups in total. The first kappa shape index (κ1) is 21.5. The highest BCUT2D eigenvalue weighted by atomic mass is 35.5. The average Bonchev–Trinajstić information content (AvgIpc) is 3.07. The minimum Gasteiger partial charge on any atom is -0.395 e. The summed E-state index contributed by atoms with van der Waals surface area (Å²) in [6.07, 6.45) is 2.78. The van der Waals surface area contributed by atoms with Gasteiger partial charge in [-0.25, -0.2) is 0 Å². The lowest BCUT2D eigenvalue weighted by atomic mass is 10.1. The lowest BCUT2D eigenvalue weighted by Crippen LogP contribution is -2.38. The molecule has 1 heterocycles. The Bertz CT molecular complexity index is 847. The molecule has 0 aliphatic carbocycles. The second-order valence-corrected chi connectivity index (χ2v) is 7.55. The molecule has 0 amide bonds. The highest BCUT2D eigenvalue weighted by molar-refractivity contribution is 7.80. The molecule has 0 unspecified atom stereocenters. The minimum atomic E-state index is 0.116. The maximum atomic E-state index is 8.74. The highest BCUT2D eigenvalue weighted by Crippen LogP contribution is 2.33. The molecule has 1 aliphatic heterocycles. The molecule has 0 saturated carbocycles. The van der Waals surface area contributed by atoms with E-state index in [0.717, 1.165) is 23.6 Å². The van der Waals surface area contributed by atoms with Crippen molar-refractivity contribution in [3.05, 3.63) is 64.7 Å². The molecule has 6 nitrogen and oxygen atoms in total. The van der Waals surface area contributed by atoms with Crippen LogP contribution >= 0.6 is 23.8 Å². The van der Waals surface area contributed by atoms with Crippen LogP contribution in [0.2, 0.25) is 5.02 Å². The molecule has 0 fully saturated rings. The zero-order valence-corrected chi connectivity index (χ0v) is 17.7. The summed E-state index contributed by atoms with van der Waals surface area (Å²) in [5, 5.41) is 20.5. The van der Waals surface area contributed by atoms with E-state index in [1.54, 1.807) is 0 Å². The van der Waals surface area contributed by atoms with Crippen LogP contribution in [0.3, 0.4) is 0 Å². The van der Waals surface area contributed by atoms with E-state index in [1.807, 2.05) is 24.4 Å². The van der Waals surface area contributed by atoms with Gasteiger partial charge >= 0.3 is 0 Å². The maximum Gasteiger partial charge on any atom is 0.186 e. The maximum absolute atomic E-state index is 8.74. The summed E-state index contributed by atoms with van der Waals surface area (Å²) in [6.45, 7) is 2.79. The van der Waals surface area contributed by atoms with E-state index in [0.29, 0.717) is 24.7 Å². The van der Waals surface area contributed by atoms with Crippen molar-refractivity contribution < 1.29 is 5.11 Å². The van der Waals surface area contributed by atoms with Crippen molar-refractivity contribution in [3.63, 3.8) is 0 Å². The summed E-state index contributed by atoms with van der Waals surface area (Å²) < 4.78 is 0. The average molecular weight is 432 g/mol. The molecule has 0 radical (unpaired) electrons.